The Balaban J connectivity index is 1.23. The summed E-state index contributed by atoms with van der Waals surface area (Å²) in [4.78, 5) is 28.3. The predicted molar refractivity (Wildman–Crippen MR) is 132 cm³/mol. The van der Waals surface area contributed by atoms with Gasteiger partial charge < -0.3 is 14.6 Å². The van der Waals surface area contributed by atoms with Crippen molar-refractivity contribution in [3.8, 4) is 5.75 Å². The molecule has 4 rings (SSSR count). The Morgan fingerprint density at radius 2 is 1.68 bits per heavy atom. The van der Waals surface area contributed by atoms with Crippen LogP contribution in [0.2, 0.25) is 0 Å². The zero-order valence-corrected chi connectivity index (χ0v) is 18.6. The molecule has 0 saturated carbocycles. The van der Waals surface area contributed by atoms with Gasteiger partial charge in [-0.2, -0.15) is 0 Å². The lowest BCUT2D eigenvalue weighted by molar-refractivity contribution is -0.116. The highest BCUT2D eigenvalue weighted by molar-refractivity contribution is 5.91. The van der Waals surface area contributed by atoms with Crippen molar-refractivity contribution >= 4 is 12.0 Å². The minimum atomic E-state index is -0.171. The Kier molecular flexibility index (Phi) is 7.64. The average Bonchev–Trinajstić information content (AvgIpc) is 2.88. The van der Waals surface area contributed by atoms with E-state index in [0.29, 0.717) is 19.7 Å². The van der Waals surface area contributed by atoms with E-state index in [-0.39, 0.29) is 11.5 Å². The third-order valence-corrected chi connectivity index (χ3v) is 5.16. The van der Waals surface area contributed by atoms with E-state index in [9.17, 15) is 9.59 Å². The Morgan fingerprint density at radius 1 is 0.912 bits per heavy atom. The van der Waals surface area contributed by atoms with Crippen LogP contribution in [0.4, 0.5) is 0 Å². The van der Waals surface area contributed by atoms with Gasteiger partial charge in [-0.1, -0.05) is 48.5 Å². The minimum absolute atomic E-state index is 0.0303. The van der Waals surface area contributed by atoms with Crippen LogP contribution < -0.4 is 15.6 Å². The van der Waals surface area contributed by atoms with Crippen LogP contribution in [0.3, 0.4) is 0 Å². The largest absolute Gasteiger partial charge is 0.487 e. The van der Waals surface area contributed by atoms with Crippen LogP contribution in [0, 0.1) is 0 Å². The van der Waals surface area contributed by atoms with Crippen molar-refractivity contribution in [3.05, 3.63) is 136 Å². The van der Waals surface area contributed by atoms with Crippen LogP contribution >= 0.6 is 0 Å². The number of pyridine rings is 2. The molecule has 6 heteroatoms. The number of carbonyl (C=O) groups excluding carboxylic acids is 1. The molecule has 0 spiro atoms. The number of nitrogens with zero attached hydrogens (tertiary/aromatic N) is 2. The van der Waals surface area contributed by atoms with Crippen molar-refractivity contribution in [3.63, 3.8) is 0 Å². The number of aromatic nitrogens is 2. The molecule has 0 aliphatic rings. The molecule has 0 saturated heterocycles. The highest BCUT2D eigenvalue weighted by Gasteiger charge is 2.01. The van der Waals surface area contributed by atoms with Crippen molar-refractivity contribution in [2.24, 2.45) is 0 Å². The zero-order chi connectivity index (χ0) is 23.6. The highest BCUT2D eigenvalue weighted by Crippen LogP contribution is 2.14. The summed E-state index contributed by atoms with van der Waals surface area (Å²) < 4.78 is 7.38. The SMILES string of the molecule is O=C(/C=C/c1ccc(OCc2ccccn2)cc1)NCc1ccc(Cn2ccccc2=O)cc1. The van der Waals surface area contributed by atoms with E-state index in [4.69, 9.17) is 4.74 Å². The number of ether oxygens (including phenoxy) is 1. The number of amides is 1. The molecular formula is C28H25N3O3. The summed E-state index contributed by atoms with van der Waals surface area (Å²) in [6.07, 6.45) is 6.78. The number of nitrogens with one attached hydrogen (secondary N) is 1. The lowest BCUT2D eigenvalue weighted by Gasteiger charge is -2.07. The van der Waals surface area contributed by atoms with Gasteiger partial charge in [0.25, 0.3) is 5.56 Å². The maximum Gasteiger partial charge on any atom is 0.250 e. The summed E-state index contributed by atoms with van der Waals surface area (Å²) in [5, 5.41) is 2.88. The first-order chi connectivity index (χ1) is 16.7. The van der Waals surface area contributed by atoms with E-state index < -0.39 is 0 Å². The van der Waals surface area contributed by atoms with Crippen LogP contribution in [0.25, 0.3) is 6.08 Å². The zero-order valence-electron chi connectivity index (χ0n) is 18.6. The molecule has 1 N–H and O–H groups in total. The number of rotatable bonds is 9. The average molecular weight is 452 g/mol. The molecule has 4 aromatic rings. The lowest BCUT2D eigenvalue weighted by Crippen LogP contribution is -2.20. The van der Waals surface area contributed by atoms with Gasteiger partial charge in [0.15, 0.2) is 0 Å². The minimum Gasteiger partial charge on any atom is -0.487 e. The van der Waals surface area contributed by atoms with Crippen molar-refractivity contribution in [1.82, 2.24) is 14.9 Å². The van der Waals surface area contributed by atoms with Crippen LogP contribution in [-0.4, -0.2) is 15.5 Å². The fourth-order valence-electron chi connectivity index (χ4n) is 3.29. The number of hydrogen-bond donors (Lipinski definition) is 1. The van der Waals surface area contributed by atoms with Gasteiger partial charge in [0.05, 0.1) is 12.2 Å². The van der Waals surface area contributed by atoms with E-state index in [1.165, 1.54) is 6.08 Å². The Morgan fingerprint density at radius 3 is 2.41 bits per heavy atom. The number of benzene rings is 2. The summed E-state index contributed by atoms with van der Waals surface area (Å²) in [5.74, 6) is 0.572. The van der Waals surface area contributed by atoms with Crippen LogP contribution in [0.5, 0.6) is 5.75 Å². The molecular weight excluding hydrogens is 426 g/mol. The van der Waals surface area contributed by atoms with Gasteiger partial charge in [-0.3, -0.25) is 14.6 Å². The molecule has 1 amide bonds. The lowest BCUT2D eigenvalue weighted by atomic mass is 10.1. The normalized spacial score (nSPS) is 10.8. The fraction of sp³-hybridized carbons (Fsp3) is 0.107. The maximum atomic E-state index is 12.2. The van der Waals surface area contributed by atoms with Crippen LogP contribution in [0.1, 0.15) is 22.4 Å². The Hall–Kier alpha value is -4.45. The molecule has 2 aromatic heterocycles. The van der Waals surface area contributed by atoms with Crippen LogP contribution in [0.15, 0.2) is 108 Å². The molecule has 0 atom stereocenters. The topological polar surface area (TPSA) is 73.2 Å². The summed E-state index contributed by atoms with van der Waals surface area (Å²) in [6, 6.07) is 26.2. The van der Waals surface area contributed by atoms with Crippen LogP contribution in [-0.2, 0) is 24.5 Å². The van der Waals surface area contributed by atoms with E-state index in [1.807, 2.05) is 72.8 Å². The Labute approximate surface area is 198 Å². The molecule has 0 aliphatic carbocycles. The van der Waals surface area contributed by atoms with Gasteiger partial charge in [0.1, 0.15) is 12.4 Å². The first-order valence-electron chi connectivity index (χ1n) is 11.0. The molecule has 170 valence electrons. The van der Waals surface area contributed by atoms with Crippen molar-refractivity contribution < 1.29 is 9.53 Å². The standard InChI is InChI=1S/C28H25N3O3/c32-27(16-13-22-11-14-26(15-12-22)34-21-25-5-1-3-17-29-25)30-19-23-7-9-24(10-8-23)20-31-18-4-2-6-28(31)33/h1-18H,19-21H2,(H,30,32)/b16-13+. The molecule has 0 unspecified atom stereocenters. The third-order valence-electron chi connectivity index (χ3n) is 5.16. The first kappa shape index (κ1) is 22.7. The van der Waals surface area contributed by atoms with Gasteiger partial charge in [0, 0.05) is 31.1 Å². The molecule has 0 fully saturated rings. The van der Waals surface area contributed by atoms with Crippen molar-refractivity contribution in [2.45, 2.75) is 19.7 Å². The molecule has 34 heavy (non-hydrogen) atoms. The summed E-state index contributed by atoms with van der Waals surface area (Å²) in [5.41, 5.74) is 3.75. The first-order valence-corrected chi connectivity index (χ1v) is 11.0. The van der Waals surface area contributed by atoms with E-state index in [1.54, 1.807) is 35.2 Å². The van der Waals surface area contributed by atoms with Crippen molar-refractivity contribution in [1.29, 1.82) is 0 Å². The molecule has 0 radical (unpaired) electrons. The number of carbonyl (C=O) groups is 1. The number of hydrogen-bond acceptors (Lipinski definition) is 4. The highest BCUT2D eigenvalue weighted by atomic mass is 16.5. The van der Waals surface area contributed by atoms with Gasteiger partial charge in [-0.15, -0.1) is 0 Å². The summed E-state index contributed by atoms with van der Waals surface area (Å²) in [6.45, 7) is 1.35. The third kappa shape index (κ3) is 6.77. The van der Waals surface area contributed by atoms with Gasteiger partial charge >= 0.3 is 0 Å². The Bertz CT molecular complexity index is 1300. The monoisotopic (exact) mass is 451 g/mol. The second-order valence-electron chi connectivity index (χ2n) is 7.71. The quantitative estimate of drug-likeness (QED) is 0.387. The van der Waals surface area contributed by atoms with Crippen molar-refractivity contribution in [2.75, 3.05) is 0 Å². The maximum absolute atomic E-state index is 12.2. The van der Waals surface area contributed by atoms with Gasteiger partial charge in [-0.05, 0) is 53.1 Å². The smallest absolute Gasteiger partial charge is 0.250 e. The van der Waals surface area contributed by atoms with E-state index in [2.05, 4.69) is 10.3 Å². The summed E-state index contributed by atoms with van der Waals surface area (Å²) >= 11 is 0. The molecule has 0 bridgehead atoms. The van der Waals surface area contributed by atoms with E-state index in [0.717, 1.165) is 28.1 Å². The second kappa shape index (κ2) is 11.4. The molecule has 2 heterocycles. The summed E-state index contributed by atoms with van der Waals surface area (Å²) in [7, 11) is 0. The second-order valence-corrected chi connectivity index (χ2v) is 7.71. The molecule has 6 nitrogen and oxygen atoms in total. The molecule has 0 aliphatic heterocycles. The van der Waals surface area contributed by atoms with Gasteiger partial charge in [-0.25, -0.2) is 0 Å². The van der Waals surface area contributed by atoms with E-state index >= 15 is 0 Å². The molecule has 2 aromatic carbocycles. The predicted octanol–water partition coefficient (Wildman–Crippen LogP) is 4.20. The van der Waals surface area contributed by atoms with Gasteiger partial charge in [0.2, 0.25) is 5.91 Å². The fourth-order valence-corrected chi connectivity index (χ4v) is 3.29.